The smallest absolute Gasteiger partial charge is 0.420 e. The van der Waals surface area contributed by atoms with Gasteiger partial charge >= 0.3 is 6.18 Å². The van der Waals surface area contributed by atoms with Gasteiger partial charge in [0.1, 0.15) is 11.5 Å². The average Bonchev–Trinajstić information content (AvgIpc) is 2.83. The highest BCUT2D eigenvalue weighted by atomic mass is 19.4. The van der Waals surface area contributed by atoms with Crippen LogP contribution in [0.4, 0.5) is 24.8 Å². The van der Waals surface area contributed by atoms with E-state index in [-0.39, 0.29) is 22.9 Å². The molecule has 180 valence electrons. The van der Waals surface area contributed by atoms with Gasteiger partial charge in [0.15, 0.2) is 0 Å². The molecule has 7 nitrogen and oxygen atoms in total. The van der Waals surface area contributed by atoms with Gasteiger partial charge in [-0.2, -0.15) is 13.2 Å². The second kappa shape index (κ2) is 9.13. The van der Waals surface area contributed by atoms with Gasteiger partial charge in [0, 0.05) is 23.2 Å². The lowest BCUT2D eigenvalue weighted by molar-refractivity contribution is -0.138. The molecule has 0 bridgehead atoms. The molecule has 10 heteroatoms. The first kappa shape index (κ1) is 23.8. The Morgan fingerprint density at radius 3 is 2.43 bits per heavy atom. The standard InChI is InChI=1S/C25H21F3N4O3/c1-13-4-5-15(9-17(13)14-6-7-19-16(8-14)12-30-24(29)32-19)23(33)31-20-10-18(25(26,27)28)21(34-2)11-22(20)35-3/h4-12H,1-3H3,(H,31,33)(H2,29,30,32). The Morgan fingerprint density at radius 1 is 1.00 bits per heavy atom. The zero-order valence-corrected chi connectivity index (χ0v) is 19.0. The van der Waals surface area contributed by atoms with Crippen LogP contribution >= 0.6 is 0 Å². The van der Waals surface area contributed by atoms with E-state index in [0.717, 1.165) is 41.3 Å². The number of anilines is 2. The Bertz CT molecular complexity index is 1440. The van der Waals surface area contributed by atoms with Crippen molar-refractivity contribution in [1.82, 2.24) is 9.97 Å². The highest BCUT2D eigenvalue weighted by Crippen LogP contribution is 2.42. The number of halogens is 3. The second-order valence-electron chi connectivity index (χ2n) is 7.74. The average molecular weight is 482 g/mol. The number of nitrogens with zero attached hydrogens (tertiary/aromatic N) is 2. The summed E-state index contributed by atoms with van der Waals surface area (Å²) >= 11 is 0. The van der Waals surface area contributed by atoms with Crippen LogP contribution < -0.4 is 20.5 Å². The van der Waals surface area contributed by atoms with E-state index in [1.54, 1.807) is 30.5 Å². The Balaban J connectivity index is 1.70. The summed E-state index contributed by atoms with van der Waals surface area (Å²) in [6.45, 7) is 1.89. The van der Waals surface area contributed by atoms with Crippen LogP contribution in [0.1, 0.15) is 21.5 Å². The maximum atomic E-state index is 13.5. The fraction of sp³-hybridized carbons (Fsp3) is 0.160. The molecule has 1 amide bonds. The number of hydrogen-bond donors (Lipinski definition) is 2. The zero-order valence-electron chi connectivity index (χ0n) is 19.0. The predicted molar refractivity (Wildman–Crippen MR) is 127 cm³/mol. The molecule has 1 aromatic heterocycles. The van der Waals surface area contributed by atoms with Crippen molar-refractivity contribution in [2.75, 3.05) is 25.3 Å². The van der Waals surface area contributed by atoms with Gasteiger partial charge in [-0.15, -0.1) is 0 Å². The highest BCUT2D eigenvalue weighted by molar-refractivity contribution is 6.06. The molecule has 0 unspecified atom stereocenters. The maximum Gasteiger partial charge on any atom is 0.420 e. The van der Waals surface area contributed by atoms with Crippen LogP contribution in [0.25, 0.3) is 22.0 Å². The molecule has 3 N–H and O–H groups in total. The van der Waals surface area contributed by atoms with Crippen molar-refractivity contribution in [3.8, 4) is 22.6 Å². The lowest BCUT2D eigenvalue weighted by Crippen LogP contribution is -2.15. The summed E-state index contributed by atoms with van der Waals surface area (Å²) < 4.78 is 50.5. The quantitative estimate of drug-likeness (QED) is 0.391. The van der Waals surface area contributed by atoms with Gasteiger partial charge in [0.05, 0.1) is 31.0 Å². The van der Waals surface area contributed by atoms with E-state index in [0.29, 0.717) is 5.52 Å². The van der Waals surface area contributed by atoms with Crippen molar-refractivity contribution in [3.63, 3.8) is 0 Å². The number of fused-ring (bicyclic) bond motifs is 1. The summed E-state index contributed by atoms with van der Waals surface area (Å²) in [6, 6.07) is 12.4. The largest absolute Gasteiger partial charge is 0.496 e. The Morgan fingerprint density at radius 2 is 1.74 bits per heavy atom. The number of rotatable bonds is 5. The fourth-order valence-electron chi connectivity index (χ4n) is 3.70. The van der Waals surface area contributed by atoms with E-state index >= 15 is 0 Å². The molecule has 3 aromatic carbocycles. The summed E-state index contributed by atoms with van der Waals surface area (Å²) in [5.41, 5.74) is 7.91. The van der Waals surface area contributed by atoms with Crippen LogP contribution in [0.2, 0.25) is 0 Å². The predicted octanol–water partition coefficient (Wildman–Crippen LogP) is 5.48. The van der Waals surface area contributed by atoms with Gasteiger partial charge < -0.3 is 20.5 Å². The van der Waals surface area contributed by atoms with E-state index < -0.39 is 23.4 Å². The maximum absolute atomic E-state index is 13.5. The summed E-state index contributed by atoms with van der Waals surface area (Å²) in [7, 11) is 2.42. The van der Waals surface area contributed by atoms with Crippen molar-refractivity contribution in [1.29, 1.82) is 0 Å². The minimum absolute atomic E-state index is 0.0318. The number of hydrogen-bond acceptors (Lipinski definition) is 6. The molecule has 0 fully saturated rings. The van der Waals surface area contributed by atoms with E-state index in [1.165, 1.54) is 7.11 Å². The van der Waals surface area contributed by atoms with Crippen molar-refractivity contribution < 1.29 is 27.4 Å². The number of aryl methyl sites for hydroxylation is 1. The number of ether oxygens (including phenoxy) is 2. The number of nitrogens with one attached hydrogen (secondary N) is 1. The van der Waals surface area contributed by atoms with Gasteiger partial charge in [-0.25, -0.2) is 9.97 Å². The SMILES string of the molecule is COc1cc(OC)c(C(F)(F)F)cc1NC(=O)c1ccc(C)c(-c2ccc3nc(N)ncc3c2)c1. The number of benzene rings is 3. The van der Waals surface area contributed by atoms with Crippen LogP contribution in [0, 0.1) is 6.92 Å². The molecule has 0 atom stereocenters. The van der Waals surface area contributed by atoms with Crippen molar-refractivity contribution in [2.45, 2.75) is 13.1 Å². The molecule has 0 aliphatic heterocycles. The number of nitrogen functional groups attached to an aromatic ring is 1. The first-order valence-corrected chi connectivity index (χ1v) is 10.4. The molecular formula is C25H21F3N4O3. The van der Waals surface area contributed by atoms with Crippen LogP contribution in [0.3, 0.4) is 0 Å². The summed E-state index contributed by atoms with van der Waals surface area (Å²) in [5, 5.41) is 3.29. The third kappa shape index (κ3) is 4.81. The van der Waals surface area contributed by atoms with Crippen LogP contribution in [0.5, 0.6) is 11.5 Å². The monoisotopic (exact) mass is 482 g/mol. The molecular weight excluding hydrogens is 461 g/mol. The second-order valence-corrected chi connectivity index (χ2v) is 7.74. The normalized spacial score (nSPS) is 11.4. The molecule has 0 aliphatic rings. The third-order valence-corrected chi connectivity index (χ3v) is 5.48. The number of nitrogens with two attached hydrogens (primary N) is 1. The molecule has 0 spiro atoms. The van der Waals surface area contributed by atoms with Crippen molar-refractivity contribution in [3.05, 3.63) is 71.4 Å². The molecule has 1 heterocycles. The first-order chi connectivity index (χ1) is 16.6. The van der Waals surface area contributed by atoms with Crippen molar-refractivity contribution in [2.24, 2.45) is 0 Å². The Hall–Kier alpha value is -4.34. The van der Waals surface area contributed by atoms with E-state index in [2.05, 4.69) is 15.3 Å². The third-order valence-electron chi connectivity index (χ3n) is 5.48. The van der Waals surface area contributed by atoms with E-state index in [9.17, 15) is 18.0 Å². The van der Waals surface area contributed by atoms with E-state index in [4.69, 9.17) is 15.2 Å². The molecule has 0 radical (unpaired) electrons. The molecule has 4 rings (SSSR count). The number of carbonyl (C=O) groups is 1. The first-order valence-electron chi connectivity index (χ1n) is 10.4. The molecule has 35 heavy (non-hydrogen) atoms. The number of carbonyl (C=O) groups excluding carboxylic acids is 1. The van der Waals surface area contributed by atoms with Gasteiger partial charge in [-0.05, 0) is 53.9 Å². The van der Waals surface area contributed by atoms with Gasteiger partial charge in [-0.3, -0.25) is 4.79 Å². The number of amides is 1. The molecule has 4 aromatic rings. The topological polar surface area (TPSA) is 99.4 Å². The Kier molecular flexibility index (Phi) is 6.21. The number of methoxy groups -OCH3 is 2. The molecule has 0 saturated carbocycles. The van der Waals surface area contributed by atoms with Crippen molar-refractivity contribution >= 4 is 28.4 Å². The Labute approximate surface area is 198 Å². The van der Waals surface area contributed by atoms with Crippen LogP contribution in [-0.2, 0) is 6.18 Å². The van der Waals surface area contributed by atoms with Crippen LogP contribution in [-0.4, -0.2) is 30.1 Å². The van der Waals surface area contributed by atoms with Gasteiger partial charge in [0.25, 0.3) is 5.91 Å². The van der Waals surface area contributed by atoms with Gasteiger partial charge in [-0.1, -0.05) is 12.1 Å². The summed E-state index contributed by atoms with van der Waals surface area (Å²) in [4.78, 5) is 21.2. The van der Waals surface area contributed by atoms with Gasteiger partial charge in [0.2, 0.25) is 5.95 Å². The summed E-state index contributed by atoms with van der Waals surface area (Å²) in [5.74, 6) is -0.807. The minimum Gasteiger partial charge on any atom is -0.496 e. The van der Waals surface area contributed by atoms with Crippen LogP contribution in [0.15, 0.2) is 54.7 Å². The fourth-order valence-corrected chi connectivity index (χ4v) is 3.70. The molecule has 0 aliphatic carbocycles. The summed E-state index contributed by atoms with van der Waals surface area (Å²) in [6.07, 6.45) is -3.07. The molecule has 0 saturated heterocycles. The lowest BCUT2D eigenvalue weighted by atomic mass is 9.97. The number of alkyl halides is 3. The highest BCUT2D eigenvalue weighted by Gasteiger charge is 2.35. The minimum atomic E-state index is -4.68. The number of aromatic nitrogens is 2. The lowest BCUT2D eigenvalue weighted by Gasteiger charge is -2.17. The van der Waals surface area contributed by atoms with E-state index in [1.807, 2.05) is 19.1 Å². The zero-order chi connectivity index (χ0) is 25.3.